The minimum atomic E-state index is 0.0550. The van der Waals surface area contributed by atoms with Gasteiger partial charge in [-0.05, 0) is 48.9 Å². The lowest BCUT2D eigenvalue weighted by atomic mass is 9.68. The molecule has 96 valence electrons. The van der Waals surface area contributed by atoms with Gasteiger partial charge in [-0.25, -0.2) is 4.79 Å². The molecule has 3 aliphatic carbocycles. The molecule has 0 aromatic rings. The Kier molecular flexibility index (Phi) is 2.27. The summed E-state index contributed by atoms with van der Waals surface area (Å²) >= 11 is 0. The minimum absolute atomic E-state index is 0.0550. The van der Waals surface area contributed by atoms with Gasteiger partial charge in [-0.3, -0.25) is 0 Å². The van der Waals surface area contributed by atoms with Crippen molar-refractivity contribution in [2.45, 2.75) is 65.0 Å². The Morgan fingerprint density at radius 1 is 1.12 bits per heavy atom. The zero-order valence-electron chi connectivity index (χ0n) is 11.2. The standard InChI is InChI=1S/C14H24N2O/c1-13(2)9-6-7-14(3,8-9)11(13)16-12(17)15-10-4-5-10/h9-11H,4-8H2,1-3H3,(H2,15,16,17). The van der Waals surface area contributed by atoms with Crippen LogP contribution >= 0.6 is 0 Å². The van der Waals surface area contributed by atoms with E-state index in [1.165, 1.54) is 19.3 Å². The molecule has 2 bridgehead atoms. The van der Waals surface area contributed by atoms with Crippen LogP contribution in [0.25, 0.3) is 0 Å². The van der Waals surface area contributed by atoms with Gasteiger partial charge in [0.25, 0.3) is 0 Å². The molecule has 2 N–H and O–H groups in total. The number of fused-ring (bicyclic) bond motifs is 2. The van der Waals surface area contributed by atoms with Crippen molar-refractivity contribution in [3.8, 4) is 0 Å². The Bertz CT molecular complexity index is 343. The van der Waals surface area contributed by atoms with Crippen molar-refractivity contribution >= 4 is 6.03 Å². The first-order valence-corrected chi connectivity index (χ1v) is 6.99. The van der Waals surface area contributed by atoms with Gasteiger partial charge in [0.2, 0.25) is 0 Å². The number of hydrogen-bond donors (Lipinski definition) is 2. The van der Waals surface area contributed by atoms with Crippen molar-refractivity contribution in [1.82, 2.24) is 10.6 Å². The monoisotopic (exact) mass is 236 g/mol. The van der Waals surface area contributed by atoms with Crippen molar-refractivity contribution in [3.63, 3.8) is 0 Å². The number of urea groups is 1. The van der Waals surface area contributed by atoms with Crippen LogP contribution in [0.2, 0.25) is 0 Å². The number of carbonyl (C=O) groups is 1. The highest BCUT2D eigenvalue weighted by molar-refractivity contribution is 5.75. The molecule has 0 spiro atoms. The second-order valence-corrected chi connectivity index (χ2v) is 7.24. The molecule has 3 heteroatoms. The molecular weight excluding hydrogens is 212 g/mol. The van der Waals surface area contributed by atoms with E-state index < -0.39 is 0 Å². The average Bonchev–Trinajstić information content (AvgIpc) is 2.90. The molecule has 2 amide bonds. The first-order chi connectivity index (χ1) is 7.92. The highest BCUT2D eigenvalue weighted by atomic mass is 16.2. The van der Waals surface area contributed by atoms with Crippen molar-refractivity contribution in [2.24, 2.45) is 16.7 Å². The largest absolute Gasteiger partial charge is 0.335 e. The number of amides is 2. The number of nitrogens with one attached hydrogen (secondary N) is 2. The highest BCUT2D eigenvalue weighted by Crippen LogP contribution is 2.62. The Balaban J connectivity index is 1.70. The van der Waals surface area contributed by atoms with E-state index in [2.05, 4.69) is 31.4 Å². The van der Waals surface area contributed by atoms with Crippen LogP contribution in [0.5, 0.6) is 0 Å². The minimum Gasteiger partial charge on any atom is -0.335 e. The fourth-order valence-corrected chi connectivity index (χ4v) is 4.25. The van der Waals surface area contributed by atoms with Gasteiger partial charge < -0.3 is 10.6 Å². The van der Waals surface area contributed by atoms with Gasteiger partial charge in [-0.1, -0.05) is 20.8 Å². The molecule has 0 aromatic heterocycles. The highest BCUT2D eigenvalue weighted by Gasteiger charge is 2.59. The van der Waals surface area contributed by atoms with Crippen molar-refractivity contribution < 1.29 is 4.79 Å². The molecule has 3 saturated carbocycles. The molecule has 0 saturated heterocycles. The molecule has 3 nitrogen and oxygen atoms in total. The van der Waals surface area contributed by atoms with Gasteiger partial charge in [0.15, 0.2) is 0 Å². The second-order valence-electron chi connectivity index (χ2n) is 7.24. The predicted molar refractivity (Wildman–Crippen MR) is 67.7 cm³/mol. The lowest BCUT2D eigenvalue weighted by Gasteiger charge is -2.43. The second kappa shape index (κ2) is 3.39. The van der Waals surface area contributed by atoms with E-state index in [9.17, 15) is 4.79 Å². The van der Waals surface area contributed by atoms with E-state index in [1.54, 1.807) is 0 Å². The molecule has 0 radical (unpaired) electrons. The third-order valence-corrected chi connectivity index (χ3v) is 5.46. The van der Waals surface area contributed by atoms with Crippen molar-refractivity contribution in [2.75, 3.05) is 0 Å². The maximum Gasteiger partial charge on any atom is 0.315 e. The summed E-state index contributed by atoms with van der Waals surface area (Å²) < 4.78 is 0. The summed E-state index contributed by atoms with van der Waals surface area (Å²) in [5.74, 6) is 0.790. The number of carbonyl (C=O) groups excluding carboxylic acids is 1. The molecule has 3 unspecified atom stereocenters. The van der Waals surface area contributed by atoms with E-state index in [4.69, 9.17) is 0 Å². The molecule has 0 aromatic carbocycles. The Morgan fingerprint density at radius 2 is 1.82 bits per heavy atom. The van der Waals surface area contributed by atoms with Crippen LogP contribution in [0.1, 0.15) is 52.9 Å². The predicted octanol–water partition coefficient (Wildman–Crippen LogP) is 2.66. The molecule has 3 aliphatic rings. The summed E-state index contributed by atoms with van der Waals surface area (Å²) in [6, 6.07) is 0.844. The smallest absolute Gasteiger partial charge is 0.315 e. The first-order valence-electron chi connectivity index (χ1n) is 6.99. The number of rotatable bonds is 2. The third kappa shape index (κ3) is 1.74. The lowest BCUT2D eigenvalue weighted by molar-refractivity contribution is 0.114. The normalized spacial score (nSPS) is 42.5. The Morgan fingerprint density at radius 3 is 2.35 bits per heavy atom. The Hall–Kier alpha value is -0.730. The molecule has 17 heavy (non-hydrogen) atoms. The van der Waals surface area contributed by atoms with E-state index in [0.717, 1.165) is 18.8 Å². The number of hydrogen-bond acceptors (Lipinski definition) is 1. The van der Waals surface area contributed by atoms with Crippen LogP contribution in [0.4, 0.5) is 4.79 Å². The average molecular weight is 236 g/mol. The van der Waals surface area contributed by atoms with Gasteiger partial charge in [0, 0.05) is 12.1 Å². The van der Waals surface area contributed by atoms with E-state index >= 15 is 0 Å². The van der Waals surface area contributed by atoms with Crippen LogP contribution in [-0.4, -0.2) is 18.1 Å². The zero-order valence-corrected chi connectivity index (χ0v) is 11.2. The quantitative estimate of drug-likeness (QED) is 0.760. The fraction of sp³-hybridized carbons (Fsp3) is 0.929. The molecule has 3 fully saturated rings. The fourth-order valence-electron chi connectivity index (χ4n) is 4.25. The summed E-state index contributed by atoms with van der Waals surface area (Å²) in [5, 5.41) is 6.31. The van der Waals surface area contributed by atoms with E-state index in [0.29, 0.717) is 17.5 Å². The first kappa shape index (κ1) is 11.4. The van der Waals surface area contributed by atoms with Crippen LogP contribution in [0.3, 0.4) is 0 Å². The summed E-state index contributed by atoms with van der Waals surface area (Å²) in [6.07, 6.45) is 6.21. The van der Waals surface area contributed by atoms with Crippen molar-refractivity contribution in [1.29, 1.82) is 0 Å². The molecule has 3 atom stereocenters. The van der Waals surface area contributed by atoms with Crippen LogP contribution in [-0.2, 0) is 0 Å². The van der Waals surface area contributed by atoms with E-state index in [-0.39, 0.29) is 11.4 Å². The van der Waals surface area contributed by atoms with Crippen LogP contribution in [0, 0.1) is 16.7 Å². The maximum absolute atomic E-state index is 11.9. The van der Waals surface area contributed by atoms with Crippen molar-refractivity contribution in [3.05, 3.63) is 0 Å². The lowest BCUT2D eigenvalue weighted by Crippen LogP contribution is -2.55. The maximum atomic E-state index is 11.9. The topological polar surface area (TPSA) is 41.1 Å². The zero-order chi connectivity index (χ0) is 12.3. The molecule has 3 rings (SSSR count). The molecule has 0 heterocycles. The van der Waals surface area contributed by atoms with Gasteiger partial charge in [0.1, 0.15) is 0 Å². The summed E-state index contributed by atoms with van der Waals surface area (Å²) in [5.41, 5.74) is 0.586. The summed E-state index contributed by atoms with van der Waals surface area (Å²) in [6.45, 7) is 7.00. The third-order valence-electron chi connectivity index (χ3n) is 5.46. The summed E-state index contributed by atoms with van der Waals surface area (Å²) in [7, 11) is 0. The summed E-state index contributed by atoms with van der Waals surface area (Å²) in [4.78, 5) is 11.9. The van der Waals surface area contributed by atoms with Gasteiger partial charge in [0.05, 0.1) is 0 Å². The van der Waals surface area contributed by atoms with Crippen LogP contribution in [0.15, 0.2) is 0 Å². The van der Waals surface area contributed by atoms with Gasteiger partial charge >= 0.3 is 6.03 Å². The Labute approximate surface area is 104 Å². The van der Waals surface area contributed by atoms with Gasteiger partial charge in [-0.15, -0.1) is 0 Å². The molecular formula is C14H24N2O. The SMILES string of the molecule is CC12CCC(C1)C(C)(C)C2NC(=O)NC1CC1. The molecule has 0 aliphatic heterocycles. The van der Waals surface area contributed by atoms with Crippen LogP contribution < -0.4 is 10.6 Å². The van der Waals surface area contributed by atoms with Gasteiger partial charge in [-0.2, -0.15) is 0 Å². The van der Waals surface area contributed by atoms with E-state index in [1.807, 2.05) is 0 Å².